The van der Waals surface area contributed by atoms with Crippen molar-refractivity contribution in [2.75, 3.05) is 0 Å². The zero-order valence-electron chi connectivity index (χ0n) is 9.25. The summed E-state index contributed by atoms with van der Waals surface area (Å²) >= 11 is 3.52. The van der Waals surface area contributed by atoms with E-state index >= 15 is 0 Å². The molecule has 1 aromatic heterocycles. The van der Waals surface area contributed by atoms with Crippen molar-refractivity contribution >= 4 is 32.7 Å². The Balaban J connectivity index is 2.79. The Bertz CT molecular complexity index is 572. The van der Waals surface area contributed by atoms with Gasteiger partial charge in [0, 0.05) is 22.6 Å². The van der Waals surface area contributed by atoms with E-state index in [-0.39, 0.29) is 5.91 Å². The average Bonchev–Trinajstić information content (AvgIpc) is 2.44. The number of carbonyl (C=O) groups is 1. The molecule has 0 radical (unpaired) electrons. The molecule has 2 N–H and O–H groups in total. The standard InChI is InChI=1S/C12H13BrN2O/c1-7-9(6-11(14)16)8-4-3-5-10(13)12(8)15(7)2/h3-5H,6H2,1-2H3,(H2,14,16). The molecule has 0 aliphatic carbocycles. The lowest BCUT2D eigenvalue weighted by Crippen LogP contribution is -2.14. The number of benzene rings is 1. The van der Waals surface area contributed by atoms with E-state index in [9.17, 15) is 4.79 Å². The molecule has 84 valence electrons. The number of hydrogen-bond acceptors (Lipinski definition) is 1. The first-order chi connectivity index (χ1) is 7.52. The third kappa shape index (κ3) is 1.63. The van der Waals surface area contributed by atoms with Crippen molar-refractivity contribution in [2.24, 2.45) is 12.8 Å². The Morgan fingerprint density at radius 2 is 2.19 bits per heavy atom. The largest absolute Gasteiger partial charge is 0.369 e. The molecular weight excluding hydrogens is 268 g/mol. The lowest BCUT2D eigenvalue weighted by Gasteiger charge is -2.00. The Hall–Kier alpha value is -1.29. The first-order valence-electron chi connectivity index (χ1n) is 5.03. The van der Waals surface area contributed by atoms with E-state index in [4.69, 9.17) is 5.73 Å². The SMILES string of the molecule is Cc1c(CC(N)=O)c2cccc(Br)c2n1C. The van der Waals surface area contributed by atoms with E-state index in [0.717, 1.165) is 26.6 Å². The van der Waals surface area contributed by atoms with Crippen LogP contribution in [0.15, 0.2) is 22.7 Å². The van der Waals surface area contributed by atoms with E-state index in [0.29, 0.717) is 6.42 Å². The molecule has 0 fully saturated rings. The number of hydrogen-bond donors (Lipinski definition) is 1. The summed E-state index contributed by atoms with van der Waals surface area (Å²) < 4.78 is 3.11. The average molecular weight is 281 g/mol. The van der Waals surface area contributed by atoms with Gasteiger partial charge < -0.3 is 10.3 Å². The molecule has 1 amide bonds. The van der Waals surface area contributed by atoms with Crippen LogP contribution in [0.4, 0.5) is 0 Å². The Labute approximate surface area is 102 Å². The van der Waals surface area contributed by atoms with Crippen LogP contribution >= 0.6 is 15.9 Å². The summed E-state index contributed by atoms with van der Waals surface area (Å²) in [7, 11) is 1.99. The van der Waals surface area contributed by atoms with Gasteiger partial charge in [0.25, 0.3) is 0 Å². The van der Waals surface area contributed by atoms with Crippen LogP contribution in [0.5, 0.6) is 0 Å². The second kappa shape index (κ2) is 3.94. The van der Waals surface area contributed by atoms with Crippen molar-refractivity contribution in [2.45, 2.75) is 13.3 Å². The number of aromatic nitrogens is 1. The molecule has 0 aliphatic rings. The number of carbonyl (C=O) groups excluding carboxylic acids is 1. The number of aryl methyl sites for hydroxylation is 1. The second-order valence-corrected chi connectivity index (χ2v) is 4.76. The van der Waals surface area contributed by atoms with Gasteiger partial charge in [0.05, 0.1) is 11.9 Å². The molecule has 0 atom stereocenters. The van der Waals surface area contributed by atoms with E-state index < -0.39 is 0 Å². The van der Waals surface area contributed by atoms with Gasteiger partial charge in [0.15, 0.2) is 0 Å². The van der Waals surface area contributed by atoms with Crippen molar-refractivity contribution in [1.29, 1.82) is 0 Å². The van der Waals surface area contributed by atoms with E-state index in [2.05, 4.69) is 20.5 Å². The quantitative estimate of drug-likeness (QED) is 0.902. The van der Waals surface area contributed by atoms with Crippen molar-refractivity contribution in [1.82, 2.24) is 4.57 Å². The predicted octanol–water partition coefficient (Wildman–Crippen LogP) is 2.28. The summed E-state index contributed by atoms with van der Waals surface area (Å²) in [5.41, 5.74) is 8.48. The fourth-order valence-corrected chi connectivity index (χ4v) is 2.69. The maximum Gasteiger partial charge on any atom is 0.221 e. The number of rotatable bonds is 2. The minimum absolute atomic E-state index is 0.291. The van der Waals surface area contributed by atoms with E-state index in [1.165, 1.54) is 0 Å². The third-order valence-electron chi connectivity index (χ3n) is 2.94. The number of primary amides is 1. The number of amides is 1. The summed E-state index contributed by atoms with van der Waals surface area (Å²) in [4.78, 5) is 11.1. The molecule has 0 bridgehead atoms. The van der Waals surface area contributed by atoms with Gasteiger partial charge >= 0.3 is 0 Å². The summed E-state index contributed by atoms with van der Waals surface area (Å²) in [5, 5.41) is 1.09. The van der Waals surface area contributed by atoms with E-state index in [1.807, 2.05) is 32.2 Å². The van der Waals surface area contributed by atoms with E-state index in [1.54, 1.807) is 0 Å². The number of nitrogens with two attached hydrogens (primary N) is 1. The minimum Gasteiger partial charge on any atom is -0.369 e. The second-order valence-electron chi connectivity index (χ2n) is 3.90. The predicted molar refractivity (Wildman–Crippen MR) is 68.3 cm³/mol. The van der Waals surface area contributed by atoms with Crippen LogP contribution in [-0.2, 0) is 18.3 Å². The van der Waals surface area contributed by atoms with Crippen molar-refractivity contribution < 1.29 is 4.79 Å². The van der Waals surface area contributed by atoms with Gasteiger partial charge in [-0.3, -0.25) is 4.79 Å². The molecule has 2 aromatic rings. The molecule has 0 aliphatic heterocycles. The lowest BCUT2D eigenvalue weighted by molar-refractivity contribution is -0.117. The third-order valence-corrected chi connectivity index (χ3v) is 3.58. The molecule has 1 aromatic carbocycles. The van der Waals surface area contributed by atoms with Crippen LogP contribution < -0.4 is 5.73 Å². The van der Waals surface area contributed by atoms with Gasteiger partial charge in [-0.25, -0.2) is 0 Å². The Kier molecular flexibility index (Phi) is 2.76. The number of fused-ring (bicyclic) bond motifs is 1. The van der Waals surface area contributed by atoms with Gasteiger partial charge in [-0.2, -0.15) is 0 Å². The van der Waals surface area contributed by atoms with Crippen LogP contribution in [0.2, 0.25) is 0 Å². The topological polar surface area (TPSA) is 48.0 Å². The Morgan fingerprint density at radius 1 is 1.50 bits per heavy atom. The summed E-state index contributed by atoms with van der Waals surface area (Å²) in [5.74, 6) is -0.296. The van der Waals surface area contributed by atoms with Crippen molar-refractivity contribution in [3.8, 4) is 0 Å². The molecule has 3 nitrogen and oxygen atoms in total. The molecule has 16 heavy (non-hydrogen) atoms. The number of halogens is 1. The molecule has 0 spiro atoms. The zero-order valence-corrected chi connectivity index (χ0v) is 10.8. The van der Waals surface area contributed by atoms with Crippen LogP contribution in [0, 0.1) is 6.92 Å². The molecule has 0 saturated carbocycles. The Morgan fingerprint density at radius 3 is 2.81 bits per heavy atom. The molecule has 4 heteroatoms. The van der Waals surface area contributed by atoms with Crippen LogP contribution in [0.3, 0.4) is 0 Å². The zero-order chi connectivity index (χ0) is 11.9. The van der Waals surface area contributed by atoms with Crippen LogP contribution in [0.1, 0.15) is 11.3 Å². The maximum atomic E-state index is 11.1. The summed E-state index contributed by atoms with van der Waals surface area (Å²) in [6.07, 6.45) is 0.291. The molecule has 0 unspecified atom stereocenters. The van der Waals surface area contributed by atoms with Crippen LogP contribution in [-0.4, -0.2) is 10.5 Å². The van der Waals surface area contributed by atoms with Crippen LogP contribution in [0.25, 0.3) is 10.9 Å². The van der Waals surface area contributed by atoms with Crippen molar-refractivity contribution in [3.63, 3.8) is 0 Å². The highest BCUT2D eigenvalue weighted by Gasteiger charge is 2.14. The first-order valence-corrected chi connectivity index (χ1v) is 5.82. The maximum absolute atomic E-state index is 11.1. The first kappa shape index (κ1) is 11.2. The van der Waals surface area contributed by atoms with Gasteiger partial charge in [0.1, 0.15) is 0 Å². The van der Waals surface area contributed by atoms with Gasteiger partial charge in [-0.1, -0.05) is 12.1 Å². The molecule has 1 heterocycles. The fourth-order valence-electron chi connectivity index (χ4n) is 2.06. The smallest absolute Gasteiger partial charge is 0.221 e. The summed E-state index contributed by atoms with van der Waals surface area (Å²) in [6.45, 7) is 2.00. The highest BCUT2D eigenvalue weighted by molar-refractivity contribution is 9.10. The molecule has 0 saturated heterocycles. The van der Waals surface area contributed by atoms with Gasteiger partial charge in [0.2, 0.25) is 5.91 Å². The normalized spacial score (nSPS) is 10.9. The monoisotopic (exact) mass is 280 g/mol. The van der Waals surface area contributed by atoms with Gasteiger partial charge in [-0.05, 0) is 34.5 Å². The molecular formula is C12H13BrN2O. The highest BCUT2D eigenvalue weighted by atomic mass is 79.9. The van der Waals surface area contributed by atoms with Gasteiger partial charge in [-0.15, -0.1) is 0 Å². The minimum atomic E-state index is -0.296. The number of para-hydroxylation sites is 1. The summed E-state index contributed by atoms with van der Waals surface area (Å²) in [6, 6.07) is 5.98. The number of nitrogens with zero attached hydrogens (tertiary/aromatic N) is 1. The fraction of sp³-hybridized carbons (Fsp3) is 0.250. The molecule has 2 rings (SSSR count). The highest BCUT2D eigenvalue weighted by Crippen LogP contribution is 2.30. The van der Waals surface area contributed by atoms with Crippen molar-refractivity contribution in [3.05, 3.63) is 33.9 Å². The lowest BCUT2D eigenvalue weighted by atomic mass is 10.1.